The quantitative estimate of drug-likeness (QED) is 0.804. The lowest BCUT2D eigenvalue weighted by molar-refractivity contribution is -0.140. The molecule has 98 valence electrons. The molecule has 2 atom stereocenters. The van der Waals surface area contributed by atoms with Crippen LogP contribution in [0, 0.1) is 0 Å². The fraction of sp³-hybridized carbons (Fsp3) is 0.500. The van der Waals surface area contributed by atoms with Crippen LogP contribution >= 0.6 is 11.8 Å². The van der Waals surface area contributed by atoms with Gasteiger partial charge in [-0.25, -0.2) is 0 Å². The molecule has 2 rings (SSSR count). The molecule has 2 N–H and O–H groups in total. The number of carboxylic acids is 1. The van der Waals surface area contributed by atoms with E-state index in [0.717, 1.165) is 31.4 Å². The van der Waals surface area contributed by atoms with Crippen molar-refractivity contribution in [3.63, 3.8) is 0 Å². The lowest BCUT2D eigenvalue weighted by Gasteiger charge is -2.28. The number of rotatable bonds is 5. The van der Waals surface area contributed by atoms with Crippen molar-refractivity contribution in [3.8, 4) is 0 Å². The Labute approximate surface area is 112 Å². The van der Waals surface area contributed by atoms with E-state index >= 15 is 0 Å². The smallest absolute Gasteiger partial charge is 0.320 e. The number of hydrogen-bond donors (Lipinski definition) is 2. The van der Waals surface area contributed by atoms with Crippen molar-refractivity contribution >= 4 is 17.7 Å². The number of carboxylic acid groups (broad SMARTS) is 1. The van der Waals surface area contributed by atoms with Gasteiger partial charge in [0.15, 0.2) is 0 Å². The molecule has 0 bridgehead atoms. The van der Waals surface area contributed by atoms with E-state index in [1.807, 2.05) is 30.0 Å². The van der Waals surface area contributed by atoms with Gasteiger partial charge in [0, 0.05) is 10.9 Å². The Morgan fingerprint density at radius 2 is 2.11 bits per heavy atom. The molecule has 1 saturated heterocycles. The Morgan fingerprint density at radius 3 is 2.83 bits per heavy atom. The minimum atomic E-state index is -0.713. The predicted octanol–water partition coefficient (Wildman–Crippen LogP) is 2.76. The first-order valence-corrected chi connectivity index (χ1v) is 7.41. The lowest BCUT2D eigenvalue weighted by Crippen LogP contribution is -2.46. The number of aliphatic carboxylic acids is 1. The van der Waals surface area contributed by atoms with Crippen LogP contribution in [0.15, 0.2) is 35.2 Å². The Morgan fingerprint density at radius 1 is 1.33 bits per heavy atom. The molecule has 0 aliphatic carbocycles. The van der Waals surface area contributed by atoms with Gasteiger partial charge in [0.05, 0.1) is 0 Å². The second-order valence-corrected chi connectivity index (χ2v) is 5.80. The monoisotopic (exact) mass is 265 g/mol. The van der Waals surface area contributed by atoms with Crippen molar-refractivity contribution < 1.29 is 9.90 Å². The summed E-state index contributed by atoms with van der Waals surface area (Å²) in [6.07, 6.45) is 3.91. The van der Waals surface area contributed by atoms with Gasteiger partial charge in [0.25, 0.3) is 0 Å². The first-order chi connectivity index (χ1) is 8.75. The zero-order chi connectivity index (χ0) is 12.8. The molecule has 0 radical (unpaired) electrons. The zero-order valence-corrected chi connectivity index (χ0v) is 11.2. The molecule has 1 heterocycles. The van der Waals surface area contributed by atoms with Gasteiger partial charge in [-0.15, -0.1) is 11.8 Å². The SMILES string of the molecule is O=C(O)C1CCCC(CCSc2ccccc2)N1. The van der Waals surface area contributed by atoms with Gasteiger partial charge < -0.3 is 10.4 Å². The van der Waals surface area contributed by atoms with Crippen LogP contribution in [0.4, 0.5) is 0 Å². The third kappa shape index (κ3) is 4.03. The predicted molar refractivity (Wildman–Crippen MR) is 74.0 cm³/mol. The highest BCUT2D eigenvalue weighted by atomic mass is 32.2. The molecule has 1 aliphatic heterocycles. The molecule has 18 heavy (non-hydrogen) atoms. The van der Waals surface area contributed by atoms with Crippen molar-refractivity contribution in [2.24, 2.45) is 0 Å². The van der Waals surface area contributed by atoms with Gasteiger partial charge in [-0.3, -0.25) is 4.79 Å². The van der Waals surface area contributed by atoms with Crippen LogP contribution < -0.4 is 5.32 Å². The molecule has 3 nitrogen and oxygen atoms in total. The number of carbonyl (C=O) groups is 1. The minimum absolute atomic E-state index is 0.342. The Bertz CT molecular complexity index is 383. The number of hydrogen-bond acceptors (Lipinski definition) is 3. The molecule has 4 heteroatoms. The van der Waals surface area contributed by atoms with E-state index in [1.54, 1.807) is 0 Å². The van der Waals surface area contributed by atoms with Crippen LogP contribution in [-0.2, 0) is 4.79 Å². The summed E-state index contributed by atoms with van der Waals surface area (Å²) < 4.78 is 0. The zero-order valence-electron chi connectivity index (χ0n) is 10.3. The standard InChI is InChI=1S/C14H19NO2S/c16-14(17)13-8-4-5-11(15-13)9-10-18-12-6-2-1-3-7-12/h1-3,6-7,11,13,15H,4-5,8-10H2,(H,16,17). The molecule has 1 aliphatic rings. The number of nitrogens with one attached hydrogen (secondary N) is 1. The number of benzene rings is 1. The second-order valence-electron chi connectivity index (χ2n) is 4.64. The van der Waals surface area contributed by atoms with Gasteiger partial charge in [0.1, 0.15) is 6.04 Å². The summed E-state index contributed by atoms with van der Waals surface area (Å²) in [5.41, 5.74) is 0. The molecular weight excluding hydrogens is 246 g/mol. The lowest BCUT2D eigenvalue weighted by atomic mass is 9.97. The summed E-state index contributed by atoms with van der Waals surface area (Å²) in [6, 6.07) is 10.3. The third-order valence-electron chi connectivity index (χ3n) is 3.26. The van der Waals surface area contributed by atoms with E-state index in [2.05, 4.69) is 17.4 Å². The highest BCUT2D eigenvalue weighted by Gasteiger charge is 2.25. The van der Waals surface area contributed by atoms with Gasteiger partial charge in [0.2, 0.25) is 0 Å². The minimum Gasteiger partial charge on any atom is -0.480 e. The summed E-state index contributed by atoms with van der Waals surface area (Å²) in [7, 11) is 0. The largest absolute Gasteiger partial charge is 0.480 e. The molecule has 2 unspecified atom stereocenters. The van der Waals surface area contributed by atoms with Crippen LogP contribution in [0.1, 0.15) is 25.7 Å². The molecular formula is C14H19NO2S. The maximum Gasteiger partial charge on any atom is 0.320 e. The van der Waals surface area contributed by atoms with Crippen LogP contribution in [0.5, 0.6) is 0 Å². The number of thioether (sulfide) groups is 1. The van der Waals surface area contributed by atoms with Crippen molar-refractivity contribution in [2.45, 2.75) is 42.7 Å². The van der Waals surface area contributed by atoms with Crippen LogP contribution in [0.3, 0.4) is 0 Å². The van der Waals surface area contributed by atoms with E-state index in [4.69, 9.17) is 5.11 Å². The second kappa shape index (κ2) is 6.81. The van der Waals surface area contributed by atoms with Crippen LogP contribution in [0.2, 0.25) is 0 Å². The highest BCUT2D eigenvalue weighted by molar-refractivity contribution is 7.99. The Hall–Kier alpha value is -1.00. The summed E-state index contributed by atoms with van der Waals surface area (Å²) in [5.74, 6) is 0.323. The molecule has 0 spiro atoms. The molecule has 0 aromatic heterocycles. The van der Waals surface area contributed by atoms with Crippen molar-refractivity contribution in [1.82, 2.24) is 5.32 Å². The van der Waals surface area contributed by atoms with E-state index < -0.39 is 5.97 Å². The topological polar surface area (TPSA) is 49.3 Å². The molecule has 0 saturated carbocycles. The molecule has 1 aromatic carbocycles. The summed E-state index contributed by atoms with van der Waals surface area (Å²) in [6.45, 7) is 0. The summed E-state index contributed by atoms with van der Waals surface area (Å²) >= 11 is 1.84. The Kier molecular flexibility index (Phi) is 5.08. The fourth-order valence-corrected chi connectivity index (χ4v) is 3.27. The van der Waals surface area contributed by atoms with Crippen molar-refractivity contribution in [3.05, 3.63) is 30.3 Å². The average molecular weight is 265 g/mol. The summed E-state index contributed by atoms with van der Waals surface area (Å²) in [4.78, 5) is 12.2. The number of piperidine rings is 1. The van der Waals surface area contributed by atoms with Gasteiger partial charge >= 0.3 is 5.97 Å². The van der Waals surface area contributed by atoms with Crippen LogP contribution in [-0.4, -0.2) is 28.9 Å². The van der Waals surface area contributed by atoms with Gasteiger partial charge in [-0.1, -0.05) is 18.2 Å². The Balaban J connectivity index is 1.72. The summed E-state index contributed by atoms with van der Waals surface area (Å²) in [5, 5.41) is 12.2. The van der Waals surface area contributed by atoms with Gasteiger partial charge in [-0.2, -0.15) is 0 Å². The normalized spacial score (nSPS) is 23.8. The van der Waals surface area contributed by atoms with Gasteiger partial charge in [-0.05, 0) is 43.6 Å². The highest BCUT2D eigenvalue weighted by Crippen LogP contribution is 2.21. The molecule has 0 amide bonds. The van der Waals surface area contributed by atoms with E-state index in [0.29, 0.717) is 6.04 Å². The van der Waals surface area contributed by atoms with Crippen molar-refractivity contribution in [1.29, 1.82) is 0 Å². The first-order valence-electron chi connectivity index (χ1n) is 6.42. The molecule has 1 fully saturated rings. The maximum atomic E-state index is 10.9. The molecule has 1 aromatic rings. The first kappa shape index (κ1) is 13.4. The third-order valence-corrected chi connectivity index (χ3v) is 4.30. The van der Waals surface area contributed by atoms with Crippen molar-refractivity contribution in [2.75, 3.05) is 5.75 Å². The van der Waals surface area contributed by atoms with E-state index in [1.165, 1.54) is 4.90 Å². The average Bonchev–Trinajstić information content (AvgIpc) is 2.40. The fourth-order valence-electron chi connectivity index (χ4n) is 2.28. The van der Waals surface area contributed by atoms with Crippen LogP contribution in [0.25, 0.3) is 0 Å². The van der Waals surface area contributed by atoms with E-state index in [9.17, 15) is 4.79 Å². The maximum absolute atomic E-state index is 10.9. The van der Waals surface area contributed by atoms with E-state index in [-0.39, 0.29) is 6.04 Å².